The van der Waals surface area contributed by atoms with E-state index in [9.17, 15) is 9.90 Å². The van der Waals surface area contributed by atoms with Gasteiger partial charge < -0.3 is 21.5 Å². The molecule has 8 nitrogen and oxygen atoms in total. The molecule has 0 aliphatic carbocycles. The Hall–Kier alpha value is -4.72. The van der Waals surface area contributed by atoms with E-state index in [2.05, 4.69) is 20.6 Å². The van der Waals surface area contributed by atoms with Crippen LogP contribution in [0.3, 0.4) is 0 Å². The van der Waals surface area contributed by atoms with Crippen LogP contribution in [0, 0.1) is 5.41 Å². The minimum atomic E-state index is -1.38. The first-order chi connectivity index (χ1) is 18.4. The van der Waals surface area contributed by atoms with Crippen molar-refractivity contribution in [1.82, 2.24) is 9.97 Å². The topological polar surface area (TPSA) is 137 Å². The molecule has 0 amide bonds. The predicted molar refractivity (Wildman–Crippen MR) is 150 cm³/mol. The highest BCUT2D eigenvalue weighted by Crippen LogP contribution is 2.35. The normalized spacial score (nSPS) is 12.5. The Kier molecular flexibility index (Phi) is 8.01. The van der Waals surface area contributed by atoms with Crippen LogP contribution in [0.5, 0.6) is 0 Å². The second-order valence-electron chi connectivity index (χ2n) is 9.10. The molecule has 2 aromatic carbocycles. The molecule has 0 saturated carbocycles. The number of nitrogen functional groups attached to an aromatic ring is 1. The molecule has 38 heavy (non-hydrogen) atoms. The van der Waals surface area contributed by atoms with Crippen LogP contribution in [0.15, 0.2) is 91.5 Å². The van der Waals surface area contributed by atoms with Crippen molar-refractivity contribution in [3.63, 3.8) is 0 Å². The van der Waals surface area contributed by atoms with Gasteiger partial charge in [-0.15, -0.1) is 0 Å². The van der Waals surface area contributed by atoms with Crippen LogP contribution in [0.25, 0.3) is 0 Å². The molecule has 4 rings (SSSR count). The van der Waals surface area contributed by atoms with Crippen molar-refractivity contribution in [3.8, 4) is 0 Å². The number of rotatable bonds is 11. The van der Waals surface area contributed by atoms with Gasteiger partial charge in [0.25, 0.3) is 0 Å². The number of carboxylic acid groups (broad SMARTS) is 1. The number of benzene rings is 2. The fraction of sp³-hybridized carbons (Fsp3) is 0.200. The second-order valence-corrected chi connectivity index (χ2v) is 9.10. The standard InChI is InChI=1S/C30H32N6O2/c1-3-20-15-24(30(4-2,29(37)38)36-25-11-9-21(10-12-25)28(31)32)17-26(16-20)35-27(22-7-5-13-33-18-22)23-8-6-14-34-19-23/h5-19,27,35-36H,3-4H2,1-2H3,(H3,31,32)(H,37,38). The van der Waals surface area contributed by atoms with E-state index in [0.29, 0.717) is 23.2 Å². The van der Waals surface area contributed by atoms with E-state index < -0.39 is 11.5 Å². The molecular weight excluding hydrogens is 476 g/mol. The van der Waals surface area contributed by atoms with Crippen LogP contribution in [0.1, 0.15) is 54.1 Å². The molecule has 0 bridgehead atoms. The van der Waals surface area contributed by atoms with Crippen LogP contribution in [0.2, 0.25) is 0 Å². The number of nitrogens with two attached hydrogens (primary N) is 1. The Morgan fingerprint density at radius 1 is 0.974 bits per heavy atom. The van der Waals surface area contributed by atoms with Gasteiger partial charge in [0.15, 0.2) is 5.54 Å². The largest absolute Gasteiger partial charge is 0.479 e. The summed E-state index contributed by atoms with van der Waals surface area (Å²) in [5.41, 5.74) is 9.78. The van der Waals surface area contributed by atoms with Crippen molar-refractivity contribution in [2.45, 2.75) is 38.3 Å². The van der Waals surface area contributed by atoms with Crippen LogP contribution >= 0.6 is 0 Å². The molecule has 2 aromatic heterocycles. The summed E-state index contributed by atoms with van der Waals surface area (Å²) >= 11 is 0. The quantitative estimate of drug-likeness (QED) is 0.136. The number of pyridine rings is 2. The minimum Gasteiger partial charge on any atom is -0.479 e. The van der Waals surface area contributed by atoms with Crippen LogP contribution in [-0.4, -0.2) is 26.9 Å². The zero-order chi connectivity index (χ0) is 27.1. The Balaban J connectivity index is 1.77. The first-order valence-electron chi connectivity index (χ1n) is 12.5. The maximum Gasteiger partial charge on any atom is 0.334 e. The number of aryl methyl sites for hydroxylation is 1. The number of nitrogens with zero attached hydrogens (tertiary/aromatic N) is 2. The third kappa shape index (κ3) is 5.64. The van der Waals surface area contributed by atoms with Crippen molar-refractivity contribution in [2.24, 2.45) is 5.73 Å². The van der Waals surface area contributed by atoms with Crippen LogP contribution in [-0.2, 0) is 16.8 Å². The lowest BCUT2D eigenvalue weighted by Gasteiger charge is -2.32. The zero-order valence-corrected chi connectivity index (χ0v) is 21.5. The summed E-state index contributed by atoms with van der Waals surface area (Å²) in [5.74, 6) is -1.02. The highest BCUT2D eigenvalue weighted by atomic mass is 16.4. The van der Waals surface area contributed by atoms with Crippen molar-refractivity contribution >= 4 is 23.2 Å². The summed E-state index contributed by atoms with van der Waals surface area (Å²) in [5, 5.41) is 25.0. The molecular formula is C30H32N6O2. The molecule has 4 aromatic rings. The Bertz CT molecular complexity index is 1350. The SMILES string of the molecule is CCc1cc(NC(c2cccnc2)c2cccnc2)cc(C(CC)(Nc2ccc(C(=N)N)cc2)C(=O)O)c1. The molecule has 0 saturated heterocycles. The fourth-order valence-corrected chi connectivity index (χ4v) is 4.52. The van der Waals surface area contributed by atoms with Gasteiger partial charge in [-0.05, 0) is 83.6 Å². The highest BCUT2D eigenvalue weighted by molar-refractivity contribution is 5.95. The molecule has 0 spiro atoms. The van der Waals surface area contributed by atoms with Crippen molar-refractivity contribution in [2.75, 3.05) is 10.6 Å². The van der Waals surface area contributed by atoms with Crippen molar-refractivity contribution < 1.29 is 9.90 Å². The van der Waals surface area contributed by atoms with E-state index in [1.54, 1.807) is 36.7 Å². The molecule has 2 heterocycles. The number of aromatic nitrogens is 2. The summed E-state index contributed by atoms with van der Waals surface area (Å²) in [6, 6.07) is 20.3. The van der Waals surface area contributed by atoms with E-state index in [0.717, 1.165) is 28.8 Å². The molecule has 194 valence electrons. The lowest BCUT2D eigenvalue weighted by atomic mass is 9.85. The monoisotopic (exact) mass is 508 g/mol. The lowest BCUT2D eigenvalue weighted by molar-refractivity contribution is -0.142. The molecule has 0 aliphatic heterocycles. The molecule has 6 N–H and O–H groups in total. The molecule has 1 atom stereocenters. The average Bonchev–Trinajstić information content (AvgIpc) is 2.95. The van der Waals surface area contributed by atoms with Crippen molar-refractivity contribution in [3.05, 3.63) is 119 Å². The van der Waals surface area contributed by atoms with E-state index in [-0.39, 0.29) is 11.9 Å². The summed E-state index contributed by atoms with van der Waals surface area (Å²) in [7, 11) is 0. The van der Waals surface area contributed by atoms with Crippen molar-refractivity contribution in [1.29, 1.82) is 5.41 Å². The zero-order valence-electron chi connectivity index (χ0n) is 21.5. The maximum absolute atomic E-state index is 12.9. The minimum absolute atomic E-state index is 0.0420. The van der Waals surface area contributed by atoms with Gasteiger partial charge in [-0.3, -0.25) is 15.4 Å². The van der Waals surface area contributed by atoms with E-state index in [1.165, 1.54) is 0 Å². The number of hydrogen-bond donors (Lipinski definition) is 5. The molecule has 0 fully saturated rings. The van der Waals surface area contributed by atoms with Gasteiger partial charge in [-0.1, -0.05) is 32.0 Å². The number of anilines is 2. The number of nitrogens with one attached hydrogen (secondary N) is 3. The molecule has 0 radical (unpaired) electrons. The summed E-state index contributed by atoms with van der Waals surface area (Å²) in [6.07, 6.45) is 8.13. The lowest BCUT2D eigenvalue weighted by Crippen LogP contribution is -2.43. The van der Waals surface area contributed by atoms with E-state index in [1.807, 2.05) is 68.7 Å². The molecule has 1 unspecified atom stereocenters. The van der Waals surface area contributed by atoms with E-state index in [4.69, 9.17) is 11.1 Å². The predicted octanol–water partition coefficient (Wildman–Crippen LogP) is 5.33. The van der Waals surface area contributed by atoms with Crippen LogP contribution < -0.4 is 16.4 Å². The van der Waals surface area contributed by atoms with Gasteiger partial charge in [0.1, 0.15) is 5.84 Å². The van der Waals surface area contributed by atoms with Gasteiger partial charge >= 0.3 is 5.97 Å². The number of carbonyl (C=O) groups is 1. The van der Waals surface area contributed by atoms with Crippen LogP contribution in [0.4, 0.5) is 11.4 Å². The van der Waals surface area contributed by atoms with Gasteiger partial charge in [-0.2, -0.15) is 0 Å². The third-order valence-corrected chi connectivity index (χ3v) is 6.69. The summed E-state index contributed by atoms with van der Waals surface area (Å²) in [4.78, 5) is 21.4. The first-order valence-corrected chi connectivity index (χ1v) is 12.5. The van der Waals surface area contributed by atoms with Gasteiger partial charge in [0.05, 0.1) is 6.04 Å². The average molecular weight is 509 g/mol. The van der Waals surface area contributed by atoms with Gasteiger partial charge in [0, 0.05) is 41.7 Å². The molecule has 8 heteroatoms. The van der Waals surface area contributed by atoms with Gasteiger partial charge in [0.2, 0.25) is 0 Å². The summed E-state index contributed by atoms with van der Waals surface area (Å²) in [6.45, 7) is 3.90. The molecule has 0 aliphatic rings. The van der Waals surface area contributed by atoms with Gasteiger partial charge in [-0.25, -0.2) is 4.79 Å². The Morgan fingerprint density at radius 3 is 2.08 bits per heavy atom. The third-order valence-electron chi connectivity index (χ3n) is 6.69. The summed E-state index contributed by atoms with van der Waals surface area (Å²) < 4.78 is 0. The Labute approximate surface area is 222 Å². The number of carboxylic acids is 1. The second kappa shape index (κ2) is 11.6. The van der Waals surface area contributed by atoms with E-state index >= 15 is 0 Å². The smallest absolute Gasteiger partial charge is 0.334 e. The maximum atomic E-state index is 12.9. The fourth-order valence-electron chi connectivity index (χ4n) is 4.52. The number of hydrogen-bond acceptors (Lipinski definition) is 6. The highest BCUT2D eigenvalue weighted by Gasteiger charge is 2.39. The first kappa shape index (κ1) is 26.3. The Morgan fingerprint density at radius 2 is 1.61 bits per heavy atom. The number of amidine groups is 1. The number of aliphatic carboxylic acids is 1.